The van der Waals surface area contributed by atoms with Crippen molar-refractivity contribution < 1.29 is 4.79 Å². The van der Waals surface area contributed by atoms with Crippen LogP contribution in [0.5, 0.6) is 0 Å². The second-order valence-electron chi connectivity index (χ2n) is 5.86. The van der Waals surface area contributed by atoms with Gasteiger partial charge >= 0.3 is 0 Å². The molecule has 1 aromatic carbocycles. The Kier molecular flexibility index (Phi) is 4.86. The highest BCUT2D eigenvalue weighted by Crippen LogP contribution is 2.29. The third kappa shape index (κ3) is 3.44. The second-order valence-corrected chi connectivity index (χ2v) is 6.80. The average molecular weight is 341 g/mol. The number of thioether (sulfide) groups is 1. The van der Waals surface area contributed by atoms with Crippen molar-refractivity contribution >= 4 is 34.4 Å². The first-order valence-corrected chi connectivity index (χ1v) is 8.94. The summed E-state index contributed by atoms with van der Waals surface area (Å²) < 4.78 is 0. The van der Waals surface area contributed by atoms with Gasteiger partial charge in [-0.2, -0.15) is 5.26 Å². The highest BCUT2D eigenvalue weighted by Gasteiger charge is 2.35. The lowest BCUT2D eigenvalue weighted by Gasteiger charge is -2.21. The molecule has 1 fully saturated rings. The molecule has 3 rings (SSSR count). The summed E-state index contributed by atoms with van der Waals surface area (Å²) in [5, 5.41) is 16.8. The minimum atomic E-state index is -0.683. The summed E-state index contributed by atoms with van der Waals surface area (Å²) in [6.07, 6.45) is 3.44. The number of benzene rings is 1. The van der Waals surface area contributed by atoms with Crippen LogP contribution in [-0.2, 0) is 4.79 Å². The number of hydrogen-bond acceptors (Lipinski definition) is 6. The molecule has 0 spiro atoms. The third-order valence-electron chi connectivity index (χ3n) is 4.20. The molecule has 0 aliphatic heterocycles. The number of carbonyl (C=O) groups is 1. The van der Waals surface area contributed by atoms with Crippen molar-refractivity contribution in [3.05, 3.63) is 24.3 Å². The number of amides is 1. The summed E-state index contributed by atoms with van der Waals surface area (Å²) in [4.78, 5) is 21.1. The number of para-hydroxylation sites is 1. The third-order valence-corrected chi connectivity index (χ3v) is 5.05. The fourth-order valence-electron chi connectivity index (χ4n) is 2.99. The minimum Gasteiger partial charge on any atom is -0.372 e. The van der Waals surface area contributed by atoms with E-state index in [0.717, 1.165) is 42.4 Å². The molecule has 0 saturated heterocycles. The fraction of sp³-hybridized carbons (Fsp3) is 0.412. The molecular formula is C17H19N5OS. The first kappa shape index (κ1) is 16.5. The lowest BCUT2D eigenvalue weighted by molar-refractivity contribution is -0.119. The number of carbonyl (C=O) groups excluding carboxylic acids is 1. The summed E-state index contributed by atoms with van der Waals surface area (Å²) in [5.41, 5.74) is 0.155. The Morgan fingerprint density at radius 3 is 2.79 bits per heavy atom. The predicted octanol–water partition coefficient (Wildman–Crippen LogP) is 2.72. The highest BCUT2D eigenvalue weighted by molar-refractivity contribution is 7.99. The SMILES string of the molecule is CNc1nc(SCC(=O)NC2(C#N)CCCC2)nc2ccccc12. The molecule has 0 unspecified atom stereocenters. The van der Waals surface area contributed by atoms with Gasteiger partial charge in [0.05, 0.1) is 17.3 Å². The van der Waals surface area contributed by atoms with Crippen LogP contribution in [0.25, 0.3) is 10.9 Å². The molecule has 7 heteroatoms. The Labute approximate surface area is 145 Å². The molecule has 1 aromatic heterocycles. The molecule has 1 amide bonds. The lowest BCUT2D eigenvalue weighted by Crippen LogP contribution is -2.45. The van der Waals surface area contributed by atoms with Crippen molar-refractivity contribution in [1.29, 1.82) is 5.26 Å². The summed E-state index contributed by atoms with van der Waals surface area (Å²) in [6.45, 7) is 0. The van der Waals surface area contributed by atoms with Crippen LogP contribution in [0.1, 0.15) is 25.7 Å². The maximum absolute atomic E-state index is 12.2. The summed E-state index contributed by atoms with van der Waals surface area (Å²) in [6, 6.07) is 10.0. The zero-order chi connectivity index (χ0) is 17.0. The molecule has 1 saturated carbocycles. The van der Waals surface area contributed by atoms with E-state index in [9.17, 15) is 10.1 Å². The van der Waals surface area contributed by atoms with E-state index in [1.54, 1.807) is 0 Å². The second kappa shape index (κ2) is 7.05. The first-order valence-electron chi connectivity index (χ1n) is 7.95. The molecule has 1 heterocycles. The van der Waals surface area contributed by atoms with Gasteiger partial charge in [0.1, 0.15) is 11.4 Å². The number of rotatable bonds is 5. The van der Waals surface area contributed by atoms with Crippen molar-refractivity contribution in [1.82, 2.24) is 15.3 Å². The number of hydrogen-bond donors (Lipinski definition) is 2. The van der Waals surface area contributed by atoms with Crippen LogP contribution < -0.4 is 10.6 Å². The lowest BCUT2D eigenvalue weighted by atomic mass is 10.0. The van der Waals surface area contributed by atoms with Gasteiger partial charge in [-0.3, -0.25) is 4.79 Å². The molecule has 6 nitrogen and oxygen atoms in total. The van der Waals surface area contributed by atoms with Gasteiger partial charge in [-0.1, -0.05) is 23.9 Å². The Morgan fingerprint density at radius 2 is 2.08 bits per heavy atom. The van der Waals surface area contributed by atoms with Crippen molar-refractivity contribution in [3.8, 4) is 6.07 Å². The Hall–Kier alpha value is -2.33. The van der Waals surface area contributed by atoms with E-state index in [1.807, 2.05) is 31.3 Å². The Balaban J connectivity index is 1.69. The van der Waals surface area contributed by atoms with Gasteiger partial charge in [0, 0.05) is 12.4 Å². The normalized spacial score (nSPS) is 15.8. The van der Waals surface area contributed by atoms with E-state index in [1.165, 1.54) is 11.8 Å². The van der Waals surface area contributed by atoms with Crippen molar-refractivity contribution in [2.24, 2.45) is 0 Å². The number of anilines is 1. The van der Waals surface area contributed by atoms with Gasteiger partial charge in [0.25, 0.3) is 0 Å². The molecule has 0 bridgehead atoms. The van der Waals surface area contributed by atoms with Crippen LogP contribution in [0, 0.1) is 11.3 Å². The van der Waals surface area contributed by atoms with E-state index in [-0.39, 0.29) is 11.7 Å². The van der Waals surface area contributed by atoms with E-state index < -0.39 is 5.54 Å². The molecule has 2 N–H and O–H groups in total. The predicted molar refractivity (Wildman–Crippen MR) is 94.8 cm³/mol. The van der Waals surface area contributed by atoms with E-state index >= 15 is 0 Å². The van der Waals surface area contributed by atoms with Gasteiger partial charge in [0.15, 0.2) is 5.16 Å². The Morgan fingerprint density at radius 1 is 1.33 bits per heavy atom. The van der Waals surface area contributed by atoms with Crippen LogP contribution in [0.3, 0.4) is 0 Å². The van der Waals surface area contributed by atoms with Crippen molar-refractivity contribution in [2.75, 3.05) is 18.1 Å². The van der Waals surface area contributed by atoms with Gasteiger partial charge < -0.3 is 10.6 Å². The van der Waals surface area contributed by atoms with Crippen molar-refractivity contribution in [2.45, 2.75) is 36.4 Å². The van der Waals surface area contributed by atoms with Gasteiger partial charge in [-0.05, 0) is 37.8 Å². The molecule has 0 atom stereocenters. The van der Waals surface area contributed by atoms with Gasteiger partial charge in [-0.15, -0.1) is 0 Å². The molecule has 124 valence electrons. The van der Waals surface area contributed by atoms with Crippen LogP contribution >= 0.6 is 11.8 Å². The van der Waals surface area contributed by atoms with Crippen LogP contribution in [0.15, 0.2) is 29.4 Å². The highest BCUT2D eigenvalue weighted by atomic mass is 32.2. The minimum absolute atomic E-state index is 0.147. The van der Waals surface area contributed by atoms with E-state index in [2.05, 4.69) is 26.7 Å². The average Bonchev–Trinajstić information content (AvgIpc) is 3.08. The van der Waals surface area contributed by atoms with Crippen molar-refractivity contribution in [3.63, 3.8) is 0 Å². The van der Waals surface area contributed by atoms with Crippen LogP contribution in [0.4, 0.5) is 5.82 Å². The molecule has 0 radical (unpaired) electrons. The van der Waals surface area contributed by atoms with Gasteiger partial charge in [-0.25, -0.2) is 9.97 Å². The summed E-state index contributed by atoms with van der Waals surface area (Å²) >= 11 is 1.28. The number of nitrogens with one attached hydrogen (secondary N) is 2. The van der Waals surface area contributed by atoms with E-state index in [0.29, 0.717) is 5.16 Å². The largest absolute Gasteiger partial charge is 0.372 e. The Bertz CT molecular complexity index is 795. The molecule has 2 aromatic rings. The van der Waals surface area contributed by atoms with Gasteiger partial charge in [0.2, 0.25) is 5.91 Å². The smallest absolute Gasteiger partial charge is 0.231 e. The van der Waals surface area contributed by atoms with Crippen LogP contribution in [0.2, 0.25) is 0 Å². The quantitative estimate of drug-likeness (QED) is 0.642. The van der Waals surface area contributed by atoms with Crippen LogP contribution in [-0.4, -0.2) is 34.2 Å². The number of nitriles is 1. The number of fused-ring (bicyclic) bond motifs is 1. The van der Waals surface area contributed by atoms with E-state index in [4.69, 9.17) is 0 Å². The maximum Gasteiger partial charge on any atom is 0.231 e. The molecule has 24 heavy (non-hydrogen) atoms. The monoisotopic (exact) mass is 341 g/mol. The number of aromatic nitrogens is 2. The molecular weight excluding hydrogens is 322 g/mol. The summed E-state index contributed by atoms with van der Waals surface area (Å²) in [5.74, 6) is 0.796. The number of nitrogens with zero attached hydrogens (tertiary/aromatic N) is 3. The molecule has 1 aliphatic carbocycles. The standard InChI is InChI=1S/C17H19N5OS/c1-19-15-12-6-2-3-7-13(12)20-16(21-15)24-10-14(23)22-17(11-18)8-4-5-9-17/h2-3,6-7H,4-5,8-10H2,1H3,(H,22,23)(H,19,20,21). The zero-order valence-corrected chi connectivity index (χ0v) is 14.3. The fourth-order valence-corrected chi connectivity index (χ4v) is 3.64. The topological polar surface area (TPSA) is 90.7 Å². The maximum atomic E-state index is 12.2. The zero-order valence-electron chi connectivity index (χ0n) is 13.5. The summed E-state index contributed by atoms with van der Waals surface area (Å²) in [7, 11) is 1.81. The molecule has 1 aliphatic rings. The first-order chi connectivity index (χ1) is 11.7.